The number of nitrogens with two attached hydrogens (primary N) is 1. The molecule has 0 heterocycles. The highest BCUT2D eigenvalue weighted by Gasteiger charge is 1.91. The van der Waals surface area contributed by atoms with E-state index in [2.05, 4.69) is 21.4 Å². The molecule has 0 amide bonds. The Morgan fingerprint density at radius 1 is 1.27 bits per heavy atom. The van der Waals surface area contributed by atoms with E-state index in [1.54, 1.807) is 0 Å². The minimum atomic E-state index is 0. The predicted octanol–water partition coefficient (Wildman–Crippen LogP) is 1.33. The van der Waals surface area contributed by atoms with Gasteiger partial charge in [0.1, 0.15) is 0 Å². The lowest BCUT2D eigenvalue weighted by Crippen LogP contribution is -2.06. The Morgan fingerprint density at radius 3 is 2.18 bits per heavy atom. The van der Waals surface area contributed by atoms with E-state index < -0.39 is 0 Å². The first-order valence-electron chi connectivity index (χ1n) is 2.56. The molecule has 5 N–H and O–H groups in total. The third-order valence-electron chi connectivity index (χ3n) is 1.03. The Labute approximate surface area is 79.8 Å². The van der Waals surface area contributed by atoms with E-state index in [0.717, 1.165) is 10.2 Å². The number of hydrazine groups is 1. The lowest BCUT2D eigenvalue weighted by molar-refractivity contribution is 0.824. The molecule has 0 spiro atoms. The zero-order chi connectivity index (χ0) is 6.69. The third-order valence-corrected chi connectivity index (χ3v) is 1.72. The number of nitrogens with one attached hydrogen (secondary N) is 1. The molecule has 0 atom stereocenters. The Morgan fingerprint density at radius 2 is 1.82 bits per heavy atom. The maximum Gasteiger partial charge on any atom is 0.0627 e. The van der Waals surface area contributed by atoms with Crippen molar-refractivity contribution in [3.05, 3.63) is 28.7 Å². The van der Waals surface area contributed by atoms with Gasteiger partial charge in [0, 0.05) is 4.47 Å². The summed E-state index contributed by atoms with van der Waals surface area (Å²) in [7, 11) is 0. The van der Waals surface area contributed by atoms with Crippen molar-refractivity contribution in [3.8, 4) is 0 Å². The van der Waals surface area contributed by atoms with Crippen molar-refractivity contribution in [1.82, 2.24) is 0 Å². The van der Waals surface area contributed by atoms with Gasteiger partial charge in [0.15, 0.2) is 0 Å². The Balaban J connectivity index is 0. The monoisotopic (exact) mass is 240 g/mol. The van der Waals surface area contributed by atoms with Gasteiger partial charge in [-0.3, -0.25) is 5.84 Å². The maximum absolute atomic E-state index is 5.17. The van der Waals surface area contributed by atoms with Gasteiger partial charge < -0.3 is 10.9 Å². The summed E-state index contributed by atoms with van der Waals surface area (Å²) < 4.78 is 0.979. The molecule has 0 fully saturated rings. The fourth-order valence-electron chi connectivity index (χ4n) is 0.578. The number of nitrogen functional groups attached to an aromatic ring is 1. The van der Waals surface area contributed by atoms with E-state index in [4.69, 9.17) is 5.84 Å². The van der Waals surface area contributed by atoms with Gasteiger partial charge in [-0.25, -0.2) is 0 Å². The molecule has 1 aromatic carbocycles. The molecule has 3 nitrogen and oxygen atoms in total. The zero-order valence-electron chi connectivity index (χ0n) is 5.67. The van der Waals surface area contributed by atoms with E-state index in [1.807, 2.05) is 24.3 Å². The van der Waals surface area contributed by atoms with Crippen LogP contribution in [0.25, 0.3) is 0 Å². The molecule has 0 saturated heterocycles. The number of hydrogen-bond acceptors (Lipinski definition) is 2. The lowest BCUT2D eigenvalue weighted by Gasteiger charge is -1.99. The minimum Gasteiger partial charge on any atom is -0.412 e. The van der Waals surface area contributed by atoms with Gasteiger partial charge in [-0.05, 0) is 28.1 Å². The van der Waals surface area contributed by atoms with Crippen LogP contribution in [0.15, 0.2) is 28.7 Å². The number of anilines is 1. The van der Waals surface area contributed by atoms with E-state index in [-0.39, 0.29) is 17.9 Å². The topological polar surface area (TPSA) is 69.5 Å². The van der Waals surface area contributed by atoms with Crippen molar-refractivity contribution in [2.75, 3.05) is 5.43 Å². The fourth-order valence-corrected chi connectivity index (χ4v) is 0.978. The number of rotatable bonds is 1. The van der Waals surface area contributed by atoms with Crippen molar-refractivity contribution < 1.29 is 5.48 Å². The molecule has 0 aliphatic carbocycles. The first-order chi connectivity index (χ1) is 4.34. The number of benzene rings is 1. The molecule has 5 heteroatoms. The van der Waals surface area contributed by atoms with Crippen LogP contribution >= 0.6 is 28.3 Å². The van der Waals surface area contributed by atoms with Crippen molar-refractivity contribution >= 4 is 34.0 Å². The summed E-state index contributed by atoms with van der Waals surface area (Å²) in [4.78, 5) is 0. The second-order valence-corrected chi connectivity index (χ2v) is 2.48. The van der Waals surface area contributed by atoms with Crippen LogP contribution in [-0.2, 0) is 0 Å². The highest BCUT2D eigenvalue weighted by Crippen LogP contribution is 2.19. The Hall–Kier alpha value is -0.290. The standard InChI is InChI=1S/C6H7BrN2.ClH.H2O/c7-5-3-1-2-4-6(5)9-8;;/h1-4,9H,8H2;1H;1H2. The molecule has 0 saturated carbocycles. The molecule has 0 unspecified atom stereocenters. The van der Waals surface area contributed by atoms with Crippen LogP contribution in [0.5, 0.6) is 0 Å². The summed E-state index contributed by atoms with van der Waals surface area (Å²) in [6, 6.07) is 7.67. The van der Waals surface area contributed by atoms with E-state index in [1.165, 1.54) is 0 Å². The predicted molar refractivity (Wildman–Crippen MR) is 52.8 cm³/mol. The highest BCUT2D eigenvalue weighted by atomic mass is 79.9. The van der Waals surface area contributed by atoms with Crippen molar-refractivity contribution in [2.24, 2.45) is 5.84 Å². The summed E-state index contributed by atoms with van der Waals surface area (Å²) in [6.45, 7) is 0. The molecule has 1 aromatic rings. The SMILES string of the molecule is Cl.NNc1ccccc1Br.O. The molecule has 0 bridgehead atoms. The van der Waals surface area contributed by atoms with Crippen molar-refractivity contribution in [2.45, 2.75) is 0 Å². The summed E-state index contributed by atoms with van der Waals surface area (Å²) in [6.07, 6.45) is 0. The van der Waals surface area contributed by atoms with Crippen LogP contribution in [0, 0.1) is 0 Å². The van der Waals surface area contributed by atoms with Crippen LogP contribution < -0.4 is 11.3 Å². The number of hydrogen-bond donors (Lipinski definition) is 2. The van der Waals surface area contributed by atoms with Gasteiger partial charge in [0.2, 0.25) is 0 Å². The Kier molecular flexibility index (Phi) is 7.77. The normalized spacial score (nSPS) is 7.45. The first-order valence-corrected chi connectivity index (χ1v) is 3.35. The molecular formula is C6H10BrClN2O. The van der Waals surface area contributed by atoms with Crippen LogP contribution in [0.3, 0.4) is 0 Å². The first kappa shape index (κ1) is 13.3. The molecule has 64 valence electrons. The smallest absolute Gasteiger partial charge is 0.0627 e. The van der Waals surface area contributed by atoms with Crippen LogP contribution in [0.1, 0.15) is 0 Å². The van der Waals surface area contributed by atoms with Gasteiger partial charge in [-0.15, -0.1) is 12.4 Å². The average molecular weight is 242 g/mol. The molecule has 0 aliphatic heterocycles. The van der Waals surface area contributed by atoms with Crippen LogP contribution in [0.2, 0.25) is 0 Å². The molecular weight excluding hydrogens is 231 g/mol. The van der Waals surface area contributed by atoms with Gasteiger partial charge in [-0.1, -0.05) is 12.1 Å². The lowest BCUT2D eigenvalue weighted by atomic mass is 10.3. The second-order valence-electron chi connectivity index (χ2n) is 1.62. The molecule has 1 rings (SSSR count). The third kappa shape index (κ3) is 3.57. The van der Waals surface area contributed by atoms with Crippen LogP contribution in [-0.4, -0.2) is 5.48 Å². The number of para-hydroxylation sites is 1. The average Bonchev–Trinajstić information content (AvgIpc) is 1.89. The Bertz CT molecular complexity index is 210. The van der Waals surface area contributed by atoms with Gasteiger partial charge in [0.05, 0.1) is 5.69 Å². The molecule has 0 radical (unpaired) electrons. The highest BCUT2D eigenvalue weighted by molar-refractivity contribution is 9.10. The van der Waals surface area contributed by atoms with Crippen LogP contribution in [0.4, 0.5) is 5.69 Å². The van der Waals surface area contributed by atoms with E-state index in [9.17, 15) is 0 Å². The van der Waals surface area contributed by atoms with Gasteiger partial charge >= 0.3 is 0 Å². The summed E-state index contributed by atoms with van der Waals surface area (Å²) >= 11 is 3.31. The van der Waals surface area contributed by atoms with Gasteiger partial charge in [0.25, 0.3) is 0 Å². The van der Waals surface area contributed by atoms with Crippen molar-refractivity contribution in [3.63, 3.8) is 0 Å². The summed E-state index contributed by atoms with van der Waals surface area (Å²) in [5.74, 6) is 5.17. The molecule has 11 heavy (non-hydrogen) atoms. The van der Waals surface area contributed by atoms with Crippen molar-refractivity contribution in [1.29, 1.82) is 0 Å². The largest absolute Gasteiger partial charge is 0.412 e. The van der Waals surface area contributed by atoms with Gasteiger partial charge in [-0.2, -0.15) is 0 Å². The zero-order valence-corrected chi connectivity index (χ0v) is 8.08. The summed E-state index contributed by atoms with van der Waals surface area (Å²) in [5.41, 5.74) is 3.45. The van der Waals surface area contributed by atoms with E-state index in [0.29, 0.717) is 0 Å². The molecule has 0 aromatic heterocycles. The van der Waals surface area contributed by atoms with E-state index >= 15 is 0 Å². The fraction of sp³-hybridized carbons (Fsp3) is 0. The molecule has 0 aliphatic rings. The maximum atomic E-state index is 5.17. The quantitative estimate of drug-likeness (QED) is 0.575. The number of halogens is 2. The summed E-state index contributed by atoms with van der Waals surface area (Å²) in [5, 5.41) is 0. The minimum absolute atomic E-state index is 0. The second kappa shape index (κ2) is 6.42.